The van der Waals surface area contributed by atoms with Crippen molar-refractivity contribution in [3.8, 4) is 0 Å². The molecule has 2 aliphatic rings. The summed E-state index contributed by atoms with van der Waals surface area (Å²) in [5.41, 5.74) is -0.424. The molecule has 0 bridgehead atoms. The van der Waals surface area contributed by atoms with E-state index < -0.39 is 5.60 Å². The minimum absolute atomic E-state index is 0.177. The minimum atomic E-state index is -0.601. The van der Waals surface area contributed by atoms with E-state index in [0.29, 0.717) is 6.04 Å². The first-order chi connectivity index (χ1) is 7.90. The highest BCUT2D eigenvalue weighted by Crippen LogP contribution is 2.41. The zero-order valence-corrected chi connectivity index (χ0v) is 11.5. The molecule has 3 heteroatoms. The van der Waals surface area contributed by atoms with E-state index in [1.807, 2.05) is 13.8 Å². The quantitative estimate of drug-likeness (QED) is 0.822. The van der Waals surface area contributed by atoms with Crippen LogP contribution in [0.25, 0.3) is 0 Å². The molecule has 1 saturated carbocycles. The Hall–Kier alpha value is -0.120. The third-order valence-corrected chi connectivity index (χ3v) is 4.24. The molecule has 1 atom stereocenters. The Balaban J connectivity index is 1.92. The van der Waals surface area contributed by atoms with Crippen molar-refractivity contribution in [2.24, 2.45) is 0 Å². The Labute approximate surface area is 105 Å². The van der Waals surface area contributed by atoms with Crippen LogP contribution in [0.3, 0.4) is 0 Å². The fraction of sp³-hybridized carbons (Fsp3) is 1.00. The van der Waals surface area contributed by atoms with Gasteiger partial charge in [-0.2, -0.15) is 0 Å². The molecule has 0 radical (unpaired) electrons. The molecule has 0 aromatic heterocycles. The van der Waals surface area contributed by atoms with Crippen LogP contribution < -0.4 is 0 Å². The molecule has 1 unspecified atom stereocenters. The van der Waals surface area contributed by atoms with Crippen LogP contribution in [0.5, 0.6) is 0 Å². The van der Waals surface area contributed by atoms with Gasteiger partial charge in [-0.1, -0.05) is 12.8 Å². The van der Waals surface area contributed by atoms with Crippen molar-refractivity contribution in [2.45, 2.75) is 69.6 Å². The summed E-state index contributed by atoms with van der Waals surface area (Å²) in [5.74, 6) is 0. The molecule has 1 saturated heterocycles. The van der Waals surface area contributed by atoms with E-state index >= 15 is 0 Å². The van der Waals surface area contributed by atoms with Crippen LogP contribution in [0.15, 0.2) is 0 Å². The average molecular weight is 241 g/mol. The second-order valence-corrected chi connectivity index (χ2v) is 6.61. The number of hydrogen-bond donors (Lipinski definition) is 1. The monoisotopic (exact) mass is 241 g/mol. The van der Waals surface area contributed by atoms with Crippen molar-refractivity contribution >= 4 is 0 Å². The fourth-order valence-corrected chi connectivity index (χ4v) is 3.49. The first kappa shape index (κ1) is 13.3. The van der Waals surface area contributed by atoms with Gasteiger partial charge in [-0.15, -0.1) is 0 Å². The third kappa shape index (κ3) is 3.43. The topological polar surface area (TPSA) is 32.7 Å². The van der Waals surface area contributed by atoms with Crippen LogP contribution in [-0.4, -0.2) is 47.4 Å². The van der Waals surface area contributed by atoms with Crippen molar-refractivity contribution in [2.75, 3.05) is 20.2 Å². The van der Waals surface area contributed by atoms with E-state index in [9.17, 15) is 5.11 Å². The van der Waals surface area contributed by atoms with Gasteiger partial charge in [-0.25, -0.2) is 0 Å². The standard InChI is InChI=1S/C14H27NO2/c1-13(2,16)11-15(3)12-6-9-17-14(10-12)7-4-5-8-14/h12,16H,4-11H2,1-3H3. The normalized spacial score (nSPS) is 29.1. The van der Waals surface area contributed by atoms with Crippen molar-refractivity contribution in [1.29, 1.82) is 0 Å². The van der Waals surface area contributed by atoms with Crippen molar-refractivity contribution in [1.82, 2.24) is 4.90 Å². The summed E-state index contributed by atoms with van der Waals surface area (Å²) in [6.45, 7) is 5.40. The lowest BCUT2D eigenvalue weighted by molar-refractivity contribution is -0.105. The Morgan fingerprint density at radius 2 is 2.00 bits per heavy atom. The van der Waals surface area contributed by atoms with Gasteiger partial charge >= 0.3 is 0 Å². The average Bonchev–Trinajstić information content (AvgIpc) is 2.64. The van der Waals surface area contributed by atoms with E-state index in [-0.39, 0.29) is 5.60 Å². The lowest BCUT2D eigenvalue weighted by Crippen LogP contribution is -2.49. The first-order valence-corrected chi connectivity index (χ1v) is 6.97. The maximum Gasteiger partial charge on any atom is 0.0718 e. The SMILES string of the molecule is CN(CC(C)(C)O)C1CCOC2(CCCC2)C1. The van der Waals surface area contributed by atoms with E-state index in [1.54, 1.807) is 0 Å². The molecule has 100 valence electrons. The molecule has 1 heterocycles. The van der Waals surface area contributed by atoms with Crippen molar-refractivity contribution in [3.05, 3.63) is 0 Å². The summed E-state index contributed by atoms with van der Waals surface area (Å²) in [7, 11) is 2.14. The van der Waals surface area contributed by atoms with Gasteiger partial charge in [0.1, 0.15) is 0 Å². The molecule has 17 heavy (non-hydrogen) atoms. The van der Waals surface area contributed by atoms with E-state index in [4.69, 9.17) is 4.74 Å². The smallest absolute Gasteiger partial charge is 0.0718 e. The molecule has 1 N–H and O–H groups in total. The maximum atomic E-state index is 9.90. The molecule has 2 rings (SSSR count). The lowest BCUT2D eigenvalue weighted by atomic mass is 9.88. The Morgan fingerprint density at radius 3 is 2.59 bits per heavy atom. The minimum Gasteiger partial charge on any atom is -0.389 e. The number of nitrogens with zero attached hydrogens (tertiary/aromatic N) is 1. The molecule has 3 nitrogen and oxygen atoms in total. The highest BCUT2D eigenvalue weighted by atomic mass is 16.5. The molecular weight excluding hydrogens is 214 g/mol. The largest absolute Gasteiger partial charge is 0.389 e. The summed E-state index contributed by atoms with van der Waals surface area (Å²) in [6, 6.07) is 0.577. The molecule has 2 fully saturated rings. The number of rotatable bonds is 3. The van der Waals surface area contributed by atoms with Crippen LogP contribution in [0, 0.1) is 0 Å². The highest BCUT2D eigenvalue weighted by Gasteiger charge is 2.41. The number of aliphatic hydroxyl groups is 1. The van der Waals surface area contributed by atoms with Gasteiger partial charge in [0.15, 0.2) is 0 Å². The van der Waals surface area contributed by atoms with Crippen LogP contribution >= 0.6 is 0 Å². The predicted octanol–water partition coefficient (Wildman–Crippen LogP) is 2.18. The Morgan fingerprint density at radius 1 is 1.35 bits per heavy atom. The highest BCUT2D eigenvalue weighted by molar-refractivity contribution is 4.94. The maximum absolute atomic E-state index is 9.90. The second-order valence-electron chi connectivity index (χ2n) is 6.61. The predicted molar refractivity (Wildman–Crippen MR) is 69.1 cm³/mol. The zero-order valence-electron chi connectivity index (χ0n) is 11.5. The van der Waals surface area contributed by atoms with E-state index in [2.05, 4.69) is 11.9 Å². The molecule has 0 aromatic rings. The summed E-state index contributed by atoms with van der Waals surface area (Å²) >= 11 is 0. The Kier molecular flexibility index (Phi) is 3.81. The molecule has 1 aliphatic heterocycles. The van der Waals surface area contributed by atoms with Gasteiger partial charge in [-0.3, -0.25) is 0 Å². The third-order valence-electron chi connectivity index (χ3n) is 4.24. The molecule has 1 spiro atoms. The second kappa shape index (κ2) is 4.87. The van der Waals surface area contributed by atoms with Gasteiger partial charge in [0.05, 0.1) is 11.2 Å². The number of likely N-dealkylation sites (N-methyl/N-ethyl adjacent to an activating group) is 1. The van der Waals surface area contributed by atoms with Crippen molar-refractivity contribution in [3.63, 3.8) is 0 Å². The fourth-order valence-electron chi connectivity index (χ4n) is 3.49. The molecule has 0 aromatic carbocycles. The van der Waals surface area contributed by atoms with Crippen molar-refractivity contribution < 1.29 is 9.84 Å². The molecule has 1 aliphatic carbocycles. The summed E-state index contributed by atoms with van der Waals surface area (Å²) in [4.78, 5) is 2.32. The van der Waals surface area contributed by atoms with Crippen LogP contribution in [-0.2, 0) is 4.74 Å². The van der Waals surface area contributed by atoms with Gasteiger partial charge in [0.25, 0.3) is 0 Å². The zero-order chi connectivity index (χ0) is 12.5. The van der Waals surface area contributed by atoms with Crippen LogP contribution in [0.1, 0.15) is 52.4 Å². The van der Waals surface area contributed by atoms with Crippen LogP contribution in [0.2, 0.25) is 0 Å². The van der Waals surface area contributed by atoms with E-state index in [0.717, 1.165) is 26.0 Å². The van der Waals surface area contributed by atoms with E-state index in [1.165, 1.54) is 25.7 Å². The van der Waals surface area contributed by atoms with Gasteiger partial charge in [0, 0.05) is 19.2 Å². The first-order valence-electron chi connectivity index (χ1n) is 6.97. The number of hydrogen-bond acceptors (Lipinski definition) is 3. The Bertz CT molecular complexity index is 253. The van der Waals surface area contributed by atoms with Gasteiger partial charge in [0.2, 0.25) is 0 Å². The van der Waals surface area contributed by atoms with Crippen LogP contribution in [0.4, 0.5) is 0 Å². The molecule has 0 amide bonds. The van der Waals surface area contributed by atoms with Gasteiger partial charge < -0.3 is 14.7 Å². The summed E-state index contributed by atoms with van der Waals surface area (Å²) in [6.07, 6.45) is 7.37. The summed E-state index contributed by atoms with van der Waals surface area (Å²) in [5, 5.41) is 9.90. The lowest BCUT2D eigenvalue weighted by Gasteiger charge is -2.43. The molecular formula is C14H27NO2. The summed E-state index contributed by atoms with van der Waals surface area (Å²) < 4.78 is 6.05. The number of ether oxygens (including phenoxy) is 1. The van der Waals surface area contributed by atoms with Gasteiger partial charge in [-0.05, 0) is 46.6 Å².